The zero-order chi connectivity index (χ0) is 17.7. The third-order valence-corrected chi connectivity index (χ3v) is 5.74. The maximum absolute atomic E-state index is 9.01. The molecule has 0 heterocycles. The van der Waals surface area contributed by atoms with E-state index in [1.807, 2.05) is 24.3 Å². The van der Waals surface area contributed by atoms with Crippen molar-refractivity contribution in [2.24, 2.45) is 10.4 Å². The number of nitriles is 1. The molecule has 2 saturated carbocycles. The zero-order valence-electron chi connectivity index (χ0n) is 15.6. The Morgan fingerprint density at radius 1 is 1.38 bits per heavy atom. The van der Waals surface area contributed by atoms with Crippen molar-refractivity contribution in [2.45, 2.75) is 57.7 Å². The van der Waals surface area contributed by atoms with Crippen molar-refractivity contribution in [3.63, 3.8) is 0 Å². The molecule has 142 valence electrons. The van der Waals surface area contributed by atoms with Gasteiger partial charge in [0, 0.05) is 31.7 Å². The Morgan fingerprint density at radius 2 is 2.15 bits per heavy atom. The average molecular weight is 468 g/mol. The second-order valence-electron chi connectivity index (χ2n) is 7.05. The molecule has 6 heteroatoms. The number of nitrogens with one attached hydrogen (secondary N) is 2. The van der Waals surface area contributed by atoms with Gasteiger partial charge < -0.3 is 15.4 Å². The Labute approximate surface area is 173 Å². The number of aliphatic imine (C=N–C) groups is 1. The van der Waals surface area contributed by atoms with Crippen LogP contribution in [0.25, 0.3) is 0 Å². The van der Waals surface area contributed by atoms with Crippen molar-refractivity contribution in [1.29, 1.82) is 5.26 Å². The molecule has 2 fully saturated rings. The van der Waals surface area contributed by atoms with Crippen LogP contribution in [0.4, 0.5) is 0 Å². The van der Waals surface area contributed by atoms with Crippen molar-refractivity contribution >= 4 is 29.9 Å². The third-order valence-electron chi connectivity index (χ3n) is 5.74. The van der Waals surface area contributed by atoms with E-state index < -0.39 is 0 Å². The summed E-state index contributed by atoms with van der Waals surface area (Å²) in [5, 5.41) is 16.0. The van der Waals surface area contributed by atoms with Crippen LogP contribution in [-0.2, 0) is 11.3 Å². The number of halogens is 1. The SMILES string of the molecule is CCOC1CC(NC(=NC)NCc2cccc(C#N)c2)C12CCCC2.I. The van der Waals surface area contributed by atoms with Crippen LogP contribution in [0.5, 0.6) is 0 Å². The molecule has 26 heavy (non-hydrogen) atoms. The summed E-state index contributed by atoms with van der Waals surface area (Å²) in [5.74, 6) is 0.827. The van der Waals surface area contributed by atoms with E-state index in [0.717, 1.165) is 24.6 Å². The Balaban J connectivity index is 0.00000243. The molecular formula is C20H29IN4O. The lowest BCUT2D eigenvalue weighted by Crippen LogP contribution is -2.65. The van der Waals surface area contributed by atoms with Gasteiger partial charge in [0.25, 0.3) is 0 Å². The summed E-state index contributed by atoms with van der Waals surface area (Å²) >= 11 is 0. The van der Waals surface area contributed by atoms with E-state index in [9.17, 15) is 0 Å². The smallest absolute Gasteiger partial charge is 0.191 e. The highest BCUT2D eigenvalue weighted by Crippen LogP contribution is 2.54. The summed E-state index contributed by atoms with van der Waals surface area (Å²) in [7, 11) is 1.81. The molecule has 0 aromatic heterocycles. The first-order valence-corrected chi connectivity index (χ1v) is 9.29. The first-order chi connectivity index (χ1) is 12.2. The molecule has 2 aliphatic rings. The van der Waals surface area contributed by atoms with Gasteiger partial charge in [0.2, 0.25) is 0 Å². The lowest BCUT2D eigenvalue weighted by Gasteiger charge is -2.54. The van der Waals surface area contributed by atoms with Crippen LogP contribution in [-0.4, -0.2) is 31.8 Å². The molecule has 0 bridgehead atoms. The number of nitrogens with zero attached hydrogens (tertiary/aromatic N) is 2. The minimum absolute atomic E-state index is 0. The molecule has 1 aromatic carbocycles. The fourth-order valence-corrected chi connectivity index (χ4v) is 4.39. The van der Waals surface area contributed by atoms with E-state index >= 15 is 0 Å². The Hall–Kier alpha value is -1.33. The molecule has 0 radical (unpaired) electrons. The maximum Gasteiger partial charge on any atom is 0.191 e. The molecular weight excluding hydrogens is 439 g/mol. The van der Waals surface area contributed by atoms with Gasteiger partial charge in [-0.2, -0.15) is 5.26 Å². The van der Waals surface area contributed by atoms with Gasteiger partial charge >= 0.3 is 0 Å². The van der Waals surface area contributed by atoms with E-state index in [-0.39, 0.29) is 29.4 Å². The second kappa shape index (κ2) is 9.56. The molecule has 2 atom stereocenters. The van der Waals surface area contributed by atoms with Crippen molar-refractivity contribution in [2.75, 3.05) is 13.7 Å². The first kappa shape index (κ1) is 21.0. The Kier molecular flexibility index (Phi) is 7.71. The fourth-order valence-electron chi connectivity index (χ4n) is 4.39. The van der Waals surface area contributed by atoms with Crippen LogP contribution < -0.4 is 10.6 Å². The summed E-state index contributed by atoms with van der Waals surface area (Å²) in [6.45, 7) is 3.53. The first-order valence-electron chi connectivity index (χ1n) is 9.29. The van der Waals surface area contributed by atoms with Crippen LogP contribution in [0, 0.1) is 16.7 Å². The predicted molar refractivity (Wildman–Crippen MR) is 115 cm³/mol. The molecule has 0 saturated heterocycles. The van der Waals surface area contributed by atoms with Gasteiger partial charge in [-0.3, -0.25) is 4.99 Å². The summed E-state index contributed by atoms with van der Waals surface area (Å²) in [4.78, 5) is 4.38. The normalized spacial score (nSPS) is 23.7. The van der Waals surface area contributed by atoms with Crippen LogP contribution in [0.1, 0.15) is 50.2 Å². The summed E-state index contributed by atoms with van der Waals surface area (Å²) in [5.41, 5.74) is 2.05. The van der Waals surface area contributed by atoms with Crippen LogP contribution in [0.15, 0.2) is 29.3 Å². The molecule has 5 nitrogen and oxygen atoms in total. The summed E-state index contributed by atoms with van der Waals surface area (Å²) in [6.07, 6.45) is 6.54. The van der Waals surface area contributed by atoms with Gasteiger partial charge in [-0.15, -0.1) is 24.0 Å². The van der Waals surface area contributed by atoms with Crippen LogP contribution in [0.3, 0.4) is 0 Å². The van der Waals surface area contributed by atoms with E-state index in [1.54, 1.807) is 7.05 Å². The Morgan fingerprint density at radius 3 is 2.81 bits per heavy atom. The average Bonchev–Trinajstić information content (AvgIpc) is 3.16. The lowest BCUT2D eigenvalue weighted by molar-refractivity contribution is -0.125. The van der Waals surface area contributed by atoms with Crippen molar-refractivity contribution in [1.82, 2.24) is 10.6 Å². The van der Waals surface area contributed by atoms with Crippen LogP contribution in [0.2, 0.25) is 0 Å². The molecule has 0 aliphatic heterocycles. The van der Waals surface area contributed by atoms with Gasteiger partial charge in [-0.25, -0.2) is 0 Å². The van der Waals surface area contributed by atoms with Crippen molar-refractivity contribution < 1.29 is 4.74 Å². The highest BCUT2D eigenvalue weighted by molar-refractivity contribution is 14.0. The van der Waals surface area contributed by atoms with Crippen molar-refractivity contribution in [3.8, 4) is 6.07 Å². The Bertz CT molecular complexity index is 664. The highest BCUT2D eigenvalue weighted by atomic mass is 127. The van der Waals surface area contributed by atoms with E-state index in [1.165, 1.54) is 25.7 Å². The van der Waals surface area contributed by atoms with E-state index in [0.29, 0.717) is 24.3 Å². The minimum Gasteiger partial charge on any atom is -0.378 e. The van der Waals surface area contributed by atoms with Gasteiger partial charge in [-0.05, 0) is 43.9 Å². The standard InChI is InChI=1S/C20H28N4O.HI/c1-3-25-18-12-17(20(18)9-4-5-10-20)24-19(22-2)23-14-16-8-6-7-15(11-16)13-21;/h6-8,11,17-18H,3-5,9-10,12,14H2,1-2H3,(H2,22,23,24);1H. The molecule has 3 rings (SSSR count). The predicted octanol–water partition coefficient (Wildman–Crippen LogP) is 3.58. The molecule has 2 unspecified atom stereocenters. The number of ether oxygens (including phenoxy) is 1. The summed E-state index contributed by atoms with van der Waals surface area (Å²) in [6, 6.07) is 10.3. The molecule has 2 N–H and O–H groups in total. The van der Waals surface area contributed by atoms with Gasteiger partial charge in [0.1, 0.15) is 0 Å². The largest absolute Gasteiger partial charge is 0.378 e. The fraction of sp³-hybridized carbons (Fsp3) is 0.600. The maximum atomic E-state index is 9.01. The summed E-state index contributed by atoms with van der Waals surface area (Å²) < 4.78 is 5.98. The van der Waals surface area contributed by atoms with Crippen LogP contribution >= 0.6 is 24.0 Å². The molecule has 0 amide bonds. The minimum atomic E-state index is 0. The van der Waals surface area contributed by atoms with E-state index in [4.69, 9.17) is 10.00 Å². The number of hydrogen-bond acceptors (Lipinski definition) is 3. The monoisotopic (exact) mass is 468 g/mol. The van der Waals surface area contributed by atoms with Gasteiger partial charge in [0.05, 0.1) is 17.7 Å². The molecule has 2 aliphatic carbocycles. The number of benzene rings is 1. The van der Waals surface area contributed by atoms with Gasteiger partial charge in [0.15, 0.2) is 5.96 Å². The quantitative estimate of drug-likeness (QED) is 0.394. The lowest BCUT2D eigenvalue weighted by atomic mass is 9.60. The third kappa shape index (κ3) is 4.32. The van der Waals surface area contributed by atoms with E-state index in [2.05, 4.69) is 28.6 Å². The number of rotatable bonds is 5. The number of guanidine groups is 1. The topological polar surface area (TPSA) is 69.4 Å². The number of hydrogen-bond donors (Lipinski definition) is 2. The highest BCUT2D eigenvalue weighted by Gasteiger charge is 2.56. The second-order valence-corrected chi connectivity index (χ2v) is 7.05. The van der Waals surface area contributed by atoms with Gasteiger partial charge in [-0.1, -0.05) is 25.0 Å². The zero-order valence-corrected chi connectivity index (χ0v) is 18.0. The van der Waals surface area contributed by atoms with Crippen molar-refractivity contribution in [3.05, 3.63) is 35.4 Å². The molecule has 1 spiro atoms. The molecule has 1 aromatic rings.